The second kappa shape index (κ2) is 9.10. The molecule has 0 saturated carbocycles. The third-order valence-corrected chi connectivity index (χ3v) is 6.93. The molecule has 1 aromatic carbocycles. The minimum atomic E-state index is -0.611. The maximum absolute atomic E-state index is 14.3. The Morgan fingerprint density at radius 1 is 1.11 bits per heavy atom. The van der Waals surface area contributed by atoms with E-state index >= 15 is 0 Å². The SMILES string of the molecule is Cc1ccc(-c2cc(C(C)C)c3nc(C(=O)N4CCN(C(=O)c5ccn[nH]5)CC4(C)C)cn3n2)cc1F. The first-order chi connectivity index (χ1) is 17.5. The Morgan fingerprint density at radius 3 is 2.54 bits per heavy atom. The fourth-order valence-electron chi connectivity index (χ4n) is 4.81. The molecule has 0 atom stereocenters. The topological polar surface area (TPSA) is 99.5 Å². The zero-order chi connectivity index (χ0) is 26.5. The molecule has 4 aromatic rings. The van der Waals surface area contributed by atoms with E-state index in [0.717, 1.165) is 5.56 Å². The zero-order valence-corrected chi connectivity index (χ0v) is 21.6. The summed E-state index contributed by atoms with van der Waals surface area (Å²) in [7, 11) is 0. The van der Waals surface area contributed by atoms with Crippen LogP contribution in [0.3, 0.4) is 0 Å². The molecule has 1 N–H and O–H groups in total. The summed E-state index contributed by atoms with van der Waals surface area (Å²) in [6.45, 7) is 10.8. The third kappa shape index (κ3) is 4.47. The Labute approximate surface area is 214 Å². The van der Waals surface area contributed by atoms with Gasteiger partial charge >= 0.3 is 0 Å². The molecule has 0 unspecified atom stereocenters. The number of halogens is 1. The lowest BCUT2D eigenvalue weighted by atomic mass is 9.98. The van der Waals surface area contributed by atoms with E-state index in [-0.39, 0.29) is 29.2 Å². The Kier molecular flexibility index (Phi) is 6.05. The van der Waals surface area contributed by atoms with Gasteiger partial charge in [0.05, 0.1) is 17.4 Å². The van der Waals surface area contributed by atoms with E-state index in [2.05, 4.69) is 20.3 Å². The van der Waals surface area contributed by atoms with Crippen molar-refractivity contribution in [2.45, 2.75) is 46.1 Å². The fraction of sp³-hybridized carbons (Fsp3) is 0.370. The second-order valence-corrected chi connectivity index (χ2v) is 10.5. The number of carbonyl (C=O) groups excluding carboxylic acids is 2. The highest BCUT2D eigenvalue weighted by Gasteiger charge is 2.40. The van der Waals surface area contributed by atoms with Crippen LogP contribution in [-0.2, 0) is 0 Å². The summed E-state index contributed by atoms with van der Waals surface area (Å²) in [6, 6.07) is 8.60. The van der Waals surface area contributed by atoms with Gasteiger partial charge in [-0.3, -0.25) is 14.7 Å². The average Bonchev–Trinajstić information content (AvgIpc) is 3.54. The van der Waals surface area contributed by atoms with Crippen molar-refractivity contribution in [1.82, 2.24) is 34.6 Å². The fourth-order valence-corrected chi connectivity index (χ4v) is 4.81. The highest BCUT2D eigenvalue weighted by atomic mass is 19.1. The van der Waals surface area contributed by atoms with Crippen molar-refractivity contribution in [3.63, 3.8) is 0 Å². The second-order valence-electron chi connectivity index (χ2n) is 10.5. The van der Waals surface area contributed by atoms with Gasteiger partial charge in [0, 0.05) is 37.0 Å². The van der Waals surface area contributed by atoms with Crippen molar-refractivity contribution in [2.24, 2.45) is 0 Å². The van der Waals surface area contributed by atoms with Crippen LogP contribution in [0.5, 0.6) is 0 Å². The number of H-pyrrole nitrogens is 1. The van der Waals surface area contributed by atoms with Crippen molar-refractivity contribution >= 4 is 17.5 Å². The quantitative estimate of drug-likeness (QED) is 0.453. The molecule has 4 heterocycles. The van der Waals surface area contributed by atoms with E-state index in [0.29, 0.717) is 47.8 Å². The van der Waals surface area contributed by atoms with Gasteiger partial charge in [-0.25, -0.2) is 13.9 Å². The molecular formula is C27H30FN7O2. The lowest BCUT2D eigenvalue weighted by Crippen LogP contribution is -2.62. The number of nitrogens with zero attached hydrogens (tertiary/aromatic N) is 6. The van der Waals surface area contributed by atoms with Crippen LogP contribution < -0.4 is 0 Å². The summed E-state index contributed by atoms with van der Waals surface area (Å²) in [5.74, 6) is -0.546. The van der Waals surface area contributed by atoms with Gasteiger partial charge in [-0.2, -0.15) is 10.2 Å². The van der Waals surface area contributed by atoms with Crippen molar-refractivity contribution in [3.05, 3.63) is 71.1 Å². The molecule has 10 heteroatoms. The maximum atomic E-state index is 14.3. The largest absolute Gasteiger partial charge is 0.333 e. The minimum Gasteiger partial charge on any atom is -0.333 e. The average molecular weight is 504 g/mol. The lowest BCUT2D eigenvalue weighted by molar-refractivity contribution is 0.0163. The van der Waals surface area contributed by atoms with Gasteiger partial charge in [-0.15, -0.1) is 0 Å². The maximum Gasteiger partial charge on any atom is 0.274 e. The lowest BCUT2D eigenvalue weighted by Gasteiger charge is -2.46. The number of aromatic nitrogens is 5. The number of nitrogens with one attached hydrogen (secondary N) is 1. The van der Waals surface area contributed by atoms with Gasteiger partial charge in [0.15, 0.2) is 5.65 Å². The van der Waals surface area contributed by atoms with Crippen molar-refractivity contribution in [3.8, 4) is 11.3 Å². The summed E-state index contributed by atoms with van der Waals surface area (Å²) in [5, 5.41) is 11.2. The minimum absolute atomic E-state index is 0.110. The number of hydrogen-bond acceptors (Lipinski definition) is 5. The van der Waals surface area contributed by atoms with Crippen LogP contribution in [-0.4, -0.2) is 71.6 Å². The van der Waals surface area contributed by atoms with E-state index in [9.17, 15) is 14.0 Å². The number of hydrogen-bond donors (Lipinski definition) is 1. The number of amides is 2. The first kappa shape index (κ1) is 24.6. The number of aromatic amines is 1. The number of benzene rings is 1. The molecule has 192 valence electrons. The van der Waals surface area contributed by atoms with E-state index in [1.54, 1.807) is 45.8 Å². The summed E-state index contributed by atoms with van der Waals surface area (Å²) in [6.07, 6.45) is 3.18. The van der Waals surface area contributed by atoms with Gasteiger partial charge in [0.1, 0.15) is 17.2 Å². The molecule has 0 spiro atoms. The Hall–Kier alpha value is -4.08. The molecule has 1 saturated heterocycles. The summed E-state index contributed by atoms with van der Waals surface area (Å²) in [4.78, 5) is 34.6. The van der Waals surface area contributed by atoms with Crippen molar-refractivity contribution in [2.75, 3.05) is 19.6 Å². The smallest absolute Gasteiger partial charge is 0.274 e. The van der Waals surface area contributed by atoms with Crippen LogP contribution >= 0.6 is 0 Å². The summed E-state index contributed by atoms with van der Waals surface area (Å²) in [5.41, 5.74) is 3.44. The number of aryl methyl sites for hydroxylation is 1. The van der Waals surface area contributed by atoms with Crippen LogP contribution in [0.15, 0.2) is 42.7 Å². The molecule has 5 rings (SSSR count). The molecular weight excluding hydrogens is 473 g/mol. The van der Waals surface area contributed by atoms with Crippen LogP contribution in [0.25, 0.3) is 16.9 Å². The molecule has 0 bridgehead atoms. The van der Waals surface area contributed by atoms with Crippen molar-refractivity contribution < 1.29 is 14.0 Å². The zero-order valence-electron chi connectivity index (χ0n) is 21.6. The van der Waals surface area contributed by atoms with Gasteiger partial charge in [-0.1, -0.05) is 26.0 Å². The van der Waals surface area contributed by atoms with E-state index in [4.69, 9.17) is 0 Å². The molecule has 0 radical (unpaired) electrons. The molecule has 1 fully saturated rings. The predicted molar refractivity (Wildman–Crippen MR) is 137 cm³/mol. The van der Waals surface area contributed by atoms with Crippen LogP contribution in [0, 0.1) is 12.7 Å². The highest BCUT2D eigenvalue weighted by molar-refractivity contribution is 5.95. The molecule has 0 aliphatic carbocycles. The van der Waals surface area contributed by atoms with E-state index in [1.807, 2.05) is 39.8 Å². The molecule has 3 aromatic heterocycles. The third-order valence-electron chi connectivity index (χ3n) is 6.93. The molecule has 2 amide bonds. The van der Waals surface area contributed by atoms with Gasteiger partial charge < -0.3 is 9.80 Å². The standard InChI is InChI=1S/C27H30FN7O2/c1-16(2)19-13-22(18-7-6-17(3)20(28)12-18)32-35-14-23(30-24(19)35)26(37)34-11-10-33(15-27(34,4)5)25(36)21-8-9-29-31-21/h6-9,12-14,16H,10-11,15H2,1-5H3,(H,29,31). The number of carbonyl (C=O) groups is 2. The number of fused-ring (bicyclic) bond motifs is 1. The van der Waals surface area contributed by atoms with Gasteiger partial charge in [0.2, 0.25) is 0 Å². The van der Waals surface area contributed by atoms with E-state index < -0.39 is 5.54 Å². The monoisotopic (exact) mass is 503 g/mol. The molecule has 1 aliphatic heterocycles. The highest BCUT2D eigenvalue weighted by Crippen LogP contribution is 2.28. The first-order valence-corrected chi connectivity index (χ1v) is 12.3. The van der Waals surface area contributed by atoms with Crippen LogP contribution in [0.4, 0.5) is 4.39 Å². The summed E-state index contributed by atoms with van der Waals surface area (Å²) >= 11 is 0. The number of piperazine rings is 1. The van der Waals surface area contributed by atoms with Crippen molar-refractivity contribution in [1.29, 1.82) is 0 Å². The first-order valence-electron chi connectivity index (χ1n) is 12.3. The van der Waals surface area contributed by atoms with E-state index in [1.165, 1.54) is 6.07 Å². The molecule has 1 aliphatic rings. The predicted octanol–water partition coefficient (Wildman–Crippen LogP) is 4.07. The number of rotatable bonds is 4. The van der Waals surface area contributed by atoms with Crippen LogP contribution in [0.2, 0.25) is 0 Å². The Bertz CT molecular complexity index is 1490. The van der Waals surface area contributed by atoms with Crippen LogP contribution in [0.1, 0.15) is 65.7 Å². The molecule has 9 nitrogen and oxygen atoms in total. The normalized spacial score (nSPS) is 15.5. The van der Waals surface area contributed by atoms with Gasteiger partial charge in [0.25, 0.3) is 11.8 Å². The van der Waals surface area contributed by atoms with Gasteiger partial charge in [-0.05, 0) is 50.5 Å². The Balaban J connectivity index is 1.46. The number of imidazole rings is 1. The summed E-state index contributed by atoms with van der Waals surface area (Å²) < 4.78 is 15.9. The molecule has 37 heavy (non-hydrogen) atoms. The Morgan fingerprint density at radius 2 is 1.89 bits per heavy atom.